The summed E-state index contributed by atoms with van der Waals surface area (Å²) in [7, 11) is 0. The molecule has 0 radical (unpaired) electrons. The third-order valence-electron chi connectivity index (χ3n) is 1.03. The zero-order valence-electron chi connectivity index (χ0n) is 6.23. The van der Waals surface area contributed by atoms with Crippen LogP contribution in [0.15, 0.2) is 12.3 Å². The molecule has 0 atom stereocenters. The molecule has 0 aromatic heterocycles. The first-order valence-corrected chi connectivity index (χ1v) is 3.26. The molecule has 1 heterocycles. The summed E-state index contributed by atoms with van der Waals surface area (Å²) >= 11 is 0. The minimum absolute atomic E-state index is 0.278. The van der Waals surface area contributed by atoms with Crippen molar-refractivity contribution in [3.8, 4) is 0 Å². The second-order valence-corrected chi connectivity index (χ2v) is 2.01. The Labute approximate surface area is 65.2 Å². The highest BCUT2D eigenvalue weighted by molar-refractivity contribution is 5.68. The molecule has 0 spiro atoms. The van der Waals surface area contributed by atoms with Gasteiger partial charge in [0, 0.05) is 12.7 Å². The largest absolute Gasteiger partial charge is 0.480 e. The lowest BCUT2D eigenvalue weighted by atomic mass is 10.5. The van der Waals surface area contributed by atoms with Crippen LogP contribution in [0.3, 0.4) is 0 Å². The predicted molar refractivity (Wildman–Crippen MR) is 41.3 cm³/mol. The minimum Gasteiger partial charge on any atom is -0.480 e. The number of aliphatic carboxylic acids is 1. The topological polar surface area (TPSA) is 92.6 Å². The molecule has 0 aromatic carbocycles. The van der Waals surface area contributed by atoms with Crippen molar-refractivity contribution in [2.45, 2.75) is 6.42 Å². The summed E-state index contributed by atoms with van der Waals surface area (Å²) in [6.45, 7) is 0.708. The lowest BCUT2D eigenvalue weighted by Gasteiger charge is -2.02. The Morgan fingerprint density at radius 1 is 1.73 bits per heavy atom. The van der Waals surface area contributed by atoms with Gasteiger partial charge in [0.2, 0.25) is 0 Å². The molecule has 1 aliphatic rings. The van der Waals surface area contributed by atoms with Crippen LogP contribution in [0.25, 0.3) is 0 Å². The summed E-state index contributed by atoms with van der Waals surface area (Å²) in [6, 6.07) is 0. The monoisotopic (exact) mass is 159 g/mol. The number of hydrazine groups is 1. The summed E-state index contributed by atoms with van der Waals surface area (Å²) in [5.74, 6) is 4.31. The van der Waals surface area contributed by atoms with Crippen LogP contribution in [0.2, 0.25) is 0 Å². The Kier molecular flexibility index (Phi) is 5.14. The molecular weight excluding hydrogens is 146 g/mol. The van der Waals surface area contributed by atoms with Crippen LogP contribution in [0.1, 0.15) is 6.42 Å². The lowest BCUT2D eigenvalue weighted by molar-refractivity contribution is -0.135. The zero-order chi connectivity index (χ0) is 8.69. The summed E-state index contributed by atoms with van der Waals surface area (Å²) in [5, 5.41) is 9.28. The van der Waals surface area contributed by atoms with E-state index in [-0.39, 0.29) is 6.54 Å². The van der Waals surface area contributed by atoms with Crippen molar-refractivity contribution in [1.29, 1.82) is 0 Å². The molecule has 64 valence electrons. The number of hydrogen-bond acceptors (Lipinski definition) is 4. The molecule has 5 heteroatoms. The van der Waals surface area contributed by atoms with E-state index in [0.717, 1.165) is 13.0 Å². The number of nitrogens with zero attached hydrogens (tertiary/aromatic N) is 1. The number of rotatable bonds is 1. The molecule has 0 amide bonds. The lowest BCUT2D eigenvalue weighted by Crippen LogP contribution is -2.21. The second-order valence-electron chi connectivity index (χ2n) is 2.01. The molecule has 0 aromatic rings. The summed E-state index contributed by atoms with van der Waals surface area (Å²) < 4.78 is 0. The van der Waals surface area contributed by atoms with Gasteiger partial charge in [-0.2, -0.15) is 0 Å². The van der Waals surface area contributed by atoms with Gasteiger partial charge in [0.05, 0.1) is 6.54 Å². The van der Waals surface area contributed by atoms with E-state index < -0.39 is 5.97 Å². The van der Waals surface area contributed by atoms with Crippen LogP contribution in [-0.4, -0.2) is 29.2 Å². The zero-order valence-corrected chi connectivity index (χ0v) is 6.23. The van der Waals surface area contributed by atoms with E-state index in [1.54, 1.807) is 5.01 Å². The Hall–Kier alpha value is -1.07. The molecule has 11 heavy (non-hydrogen) atoms. The molecular formula is C6H13N3O2. The van der Waals surface area contributed by atoms with E-state index in [4.69, 9.17) is 10.9 Å². The van der Waals surface area contributed by atoms with Crippen molar-refractivity contribution >= 4 is 5.97 Å². The van der Waals surface area contributed by atoms with Crippen molar-refractivity contribution in [2.24, 2.45) is 11.6 Å². The summed E-state index contributed by atoms with van der Waals surface area (Å²) in [5.41, 5.74) is 4.57. The van der Waals surface area contributed by atoms with E-state index in [1.807, 2.05) is 6.20 Å². The maximum Gasteiger partial charge on any atom is 0.317 e. The molecule has 1 aliphatic heterocycles. The highest BCUT2D eigenvalue weighted by Crippen LogP contribution is 1.94. The van der Waals surface area contributed by atoms with Crippen LogP contribution in [0, 0.1) is 0 Å². The standard InChI is InChI=1S/C4H8N2.C2H5NO2/c5-6-3-1-2-4-6;3-1-2(4)5/h1,3H,2,4-5H2;1,3H2,(H,4,5). The quantitative estimate of drug-likeness (QED) is 0.431. The SMILES string of the molecule is NCC(=O)O.NN1C=CCC1. The Bertz CT molecular complexity index is 147. The first-order valence-electron chi connectivity index (χ1n) is 3.26. The molecule has 1 rings (SSSR count). The van der Waals surface area contributed by atoms with Gasteiger partial charge in [-0.05, 0) is 6.42 Å². The third kappa shape index (κ3) is 6.82. The van der Waals surface area contributed by atoms with Crippen molar-refractivity contribution < 1.29 is 9.90 Å². The van der Waals surface area contributed by atoms with E-state index in [1.165, 1.54) is 0 Å². The van der Waals surface area contributed by atoms with Gasteiger partial charge in [-0.25, -0.2) is 5.84 Å². The number of carbonyl (C=O) groups is 1. The average molecular weight is 159 g/mol. The molecule has 0 saturated heterocycles. The van der Waals surface area contributed by atoms with Gasteiger partial charge in [-0.3, -0.25) is 4.79 Å². The number of carboxylic acid groups (broad SMARTS) is 1. The van der Waals surface area contributed by atoms with Crippen molar-refractivity contribution in [3.63, 3.8) is 0 Å². The average Bonchev–Trinajstić information content (AvgIpc) is 2.41. The highest BCUT2D eigenvalue weighted by atomic mass is 16.4. The van der Waals surface area contributed by atoms with E-state index in [9.17, 15) is 4.79 Å². The van der Waals surface area contributed by atoms with Gasteiger partial charge in [0.25, 0.3) is 0 Å². The van der Waals surface area contributed by atoms with Gasteiger partial charge in [-0.15, -0.1) is 0 Å². The predicted octanol–water partition coefficient (Wildman–Crippen LogP) is -0.891. The molecule has 5 nitrogen and oxygen atoms in total. The van der Waals surface area contributed by atoms with Gasteiger partial charge < -0.3 is 15.8 Å². The Morgan fingerprint density at radius 2 is 2.27 bits per heavy atom. The Balaban J connectivity index is 0.000000187. The minimum atomic E-state index is -0.968. The molecule has 0 unspecified atom stereocenters. The molecule has 5 N–H and O–H groups in total. The fourth-order valence-electron chi connectivity index (χ4n) is 0.508. The van der Waals surface area contributed by atoms with Crippen molar-refractivity contribution in [3.05, 3.63) is 12.3 Å². The van der Waals surface area contributed by atoms with Crippen LogP contribution in [-0.2, 0) is 4.79 Å². The fourth-order valence-corrected chi connectivity index (χ4v) is 0.508. The van der Waals surface area contributed by atoms with Gasteiger partial charge >= 0.3 is 5.97 Å². The maximum absolute atomic E-state index is 9.24. The van der Waals surface area contributed by atoms with Gasteiger partial charge in [-0.1, -0.05) is 6.08 Å². The van der Waals surface area contributed by atoms with E-state index in [2.05, 4.69) is 11.8 Å². The highest BCUT2D eigenvalue weighted by Gasteiger charge is 1.93. The fraction of sp³-hybridized carbons (Fsp3) is 0.500. The van der Waals surface area contributed by atoms with Crippen molar-refractivity contribution in [2.75, 3.05) is 13.1 Å². The maximum atomic E-state index is 9.24. The molecule has 0 saturated carbocycles. The second kappa shape index (κ2) is 5.70. The normalized spacial score (nSPS) is 14.2. The van der Waals surface area contributed by atoms with Crippen LogP contribution >= 0.6 is 0 Å². The van der Waals surface area contributed by atoms with E-state index in [0.29, 0.717) is 0 Å². The van der Waals surface area contributed by atoms with Crippen LogP contribution in [0.5, 0.6) is 0 Å². The smallest absolute Gasteiger partial charge is 0.317 e. The number of hydrogen-bond donors (Lipinski definition) is 3. The molecule has 0 aliphatic carbocycles. The number of carboxylic acids is 1. The Morgan fingerprint density at radius 3 is 2.36 bits per heavy atom. The van der Waals surface area contributed by atoms with Crippen molar-refractivity contribution in [1.82, 2.24) is 5.01 Å². The summed E-state index contributed by atoms with van der Waals surface area (Å²) in [6.07, 6.45) is 5.05. The van der Waals surface area contributed by atoms with Gasteiger partial charge in [0.15, 0.2) is 0 Å². The molecule has 0 fully saturated rings. The number of nitrogens with two attached hydrogens (primary N) is 2. The molecule has 0 bridgehead atoms. The van der Waals surface area contributed by atoms with Gasteiger partial charge in [0.1, 0.15) is 0 Å². The third-order valence-corrected chi connectivity index (χ3v) is 1.03. The summed E-state index contributed by atoms with van der Waals surface area (Å²) in [4.78, 5) is 9.24. The first kappa shape index (κ1) is 9.93. The van der Waals surface area contributed by atoms with Crippen LogP contribution in [0.4, 0.5) is 0 Å². The van der Waals surface area contributed by atoms with Crippen LogP contribution < -0.4 is 11.6 Å². The van der Waals surface area contributed by atoms with E-state index >= 15 is 0 Å². The first-order chi connectivity index (χ1) is 5.16.